The minimum absolute atomic E-state index is 0.0310. The number of aryl methyl sites for hydroxylation is 1. The Morgan fingerprint density at radius 1 is 1.29 bits per heavy atom. The lowest BCUT2D eigenvalue weighted by molar-refractivity contribution is 0.0698. The van der Waals surface area contributed by atoms with Crippen LogP contribution in [0.15, 0.2) is 35.7 Å². The summed E-state index contributed by atoms with van der Waals surface area (Å²) in [4.78, 5) is 14.7. The van der Waals surface area contributed by atoms with Crippen molar-refractivity contribution in [2.75, 3.05) is 5.75 Å². The van der Waals surface area contributed by atoms with E-state index < -0.39 is 45.4 Å². The number of hydrogen-bond acceptors (Lipinski definition) is 4. The average Bonchev–Trinajstić information content (AvgIpc) is 3.52. The molecule has 1 aliphatic rings. The number of benzene rings is 1. The number of aromatic nitrogens is 2. The van der Waals surface area contributed by atoms with E-state index in [1.165, 1.54) is 17.0 Å². The van der Waals surface area contributed by atoms with E-state index in [4.69, 9.17) is 0 Å². The molecule has 0 spiro atoms. The molecular formula is C21H24F3N3O3S. The monoisotopic (exact) mass is 455 g/mol. The molecule has 31 heavy (non-hydrogen) atoms. The predicted octanol–water partition coefficient (Wildman–Crippen LogP) is 4.00. The van der Waals surface area contributed by atoms with E-state index in [1.807, 2.05) is 0 Å². The van der Waals surface area contributed by atoms with Gasteiger partial charge in [0.15, 0.2) is 9.84 Å². The molecular weight excluding hydrogens is 431 g/mol. The molecule has 0 radical (unpaired) electrons. The third-order valence-electron chi connectivity index (χ3n) is 5.49. The largest absolute Gasteiger partial charge is 0.329 e. The van der Waals surface area contributed by atoms with Crippen molar-refractivity contribution < 1.29 is 26.4 Å². The van der Waals surface area contributed by atoms with Crippen molar-refractivity contribution in [1.82, 2.24) is 14.7 Å². The summed E-state index contributed by atoms with van der Waals surface area (Å²) >= 11 is 0. The molecule has 0 saturated heterocycles. The first kappa shape index (κ1) is 23.1. The highest BCUT2D eigenvalue weighted by Crippen LogP contribution is 2.36. The van der Waals surface area contributed by atoms with Crippen LogP contribution in [0.4, 0.5) is 13.2 Å². The van der Waals surface area contributed by atoms with Gasteiger partial charge in [-0.3, -0.25) is 4.79 Å². The second-order valence-electron chi connectivity index (χ2n) is 7.55. The SMILES string of the molecule is C=C(c1ccc(S(=O)(=O)CC)cc1)C(C)N(C(=O)c1c(C(F)F)nn(C)c1F)C1CC1. The molecule has 1 aromatic carbocycles. The zero-order valence-corrected chi connectivity index (χ0v) is 18.3. The molecule has 10 heteroatoms. The van der Waals surface area contributed by atoms with Crippen LogP contribution in [0.25, 0.3) is 5.57 Å². The van der Waals surface area contributed by atoms with Crippen molar-refractivity contribution in [1.29, 1.82) is 0 Å². The minimum Gasteiger partial charge on any atom is -0.329 e. The standard InChI is InChI=1S/C21H24F3N3O3S/c1-5-31(29,30)16-10-6-14(7-11-16)12(2)13(3)27(15-8-9-15)21(28)17-18(19(22)23)25-26(4)20(17)24/h6-7,10-11,13,15,19H,2,5,8-9H2,1,3-4H3. The second-order valence-corrected chi connectivity index (χ2v) is 9.83. The van der Waals surface area contributed by atoms with Crippen molar-refractivity contribution in [2.24, 2.45) is 7.05 Å². The van der Waals surface area contributed by atoms with Crippen LogP contribution in [0.2, 0.25) is 0 Å². The van der Waals surface area contributed by atoms with Gasteiger partial charge in [-0.1, -0.05) is 25.6 Å². The third-order valence-corrected chi connectivity index (χ3v) is 7.24. The number of amides is 1. The fraction of sp³-hybridized carbons (Fsp3) is 0.429. The Bertz CT molecular complexity index is 1110. The van der Waals surface area contributed by atoms with Crippen LogP contribution in [0.5, 0.6) is 0 Å². The Kier molecular flexibility index (Phi) is 6.31. The summed E-state index contributed by atoms with van der Waals surface area (Å²) in [6, 6.07) is 5.26. The van der Waals surface area contributed by atoms with Gasteiger partial charge < -0.3 is 4.90 Å². The van der Waals surface area contributed by atoms with E-state index in [0.717, 1.165) is 7.05 Å². The smallest absolute Gasteiger partial charge is 0.283 e. The van der Waals surface area contributed by atoms with Gasteiger partial charge in [-0.25, -0.2) is 21.9 Å². The maximum Gasteiger partial charge on any atom is 0.283 e. The molecule has 1 aromatic heterocycles. The van der Waals surface area contributed by atoms with Crippen LogP contribution >= 0.6 is 0 Å². The maximum atomic E-state index is 14.5. The van der Waals surface area contributed by atoms with Gasteiger partial charge in [0.1, 0.15) is 11.3 Å². The Hall–Kier alpha value is -2.62. The lowest BCUT2D eigenvalue weighted by atomic mass is 9.99. The Balaban J connectivity index is 1.92. The number of sulfone groups is 1. The topological polar surface area (TPSA) is 72.3 Å². The second kappa shape index (κ2) is 8.49. The number of halogens is 3. The molecule has 2 aromatic rings. The molecule has 1 saturated carbocycles. The van der Waals surface area contributed by atoms with Crippen molar-refractivity contribution in [3.05, 3.63) is 53.6 Å². The van der Waals surface area contributed by atoms with Crippen molar-refractivity contribution >= 4 is 21.3 Å². The first-order valence-corrected chi connectivity index (χ1v) is 11.5. The molecule has 1 heterocycles. The van der Waals surface area contributed by atoms with Gasteiger partial charge in [0.25, 0.3) is 12.3 Å². The predicted molar refractivity (Wildman–Crippen MR) is 110 cm³/mol. The number of carbonyl (C=O) groups excluding carboxylic acids is 1. The molecule has 0 N–H and O–H groups in total. The first-order valence-electron chi connectivity index (χ1n) is 9.84. The normalized spacial score (nSPS) is 15.2. The molecule has 1 aliphatic carbocycles. The average molecular weight is 456 g/mol. The van der Waals surface area contributed by atoms with E-state index in [2.05, 4.69) is 11.7 Å². The van der Waals surface area contributed by atoms with Crippen molar-refractivity contribution in [3.8, 4) is 0 Å². The summed E-state index contributed by atoms with van der Waals surface area (Å²) in [6.45, 7) is 7.26. The van der Waals surface area contributed by atoms with Gasteiger partial charge in [-0.15, -0.1) is 0 Å². The molecule has 168 valence electrons. The molecule has 1 amide bonds. The van der Waals surface area contributed by atoms with Gasteiger partial charge in [0.05, 0.1) is 16.7 Å². The van der Waals surface area contributed by atoms with Crippen LogP contribution in [0.1, 0.15) is 54.7 Å². The zero-order chi connectivity index (χ0) is 23.1. The third kappa shape index (κ3) is 4.39. The van der Waals surface area contributed by atoms with E-state index in [9.17, 15) is 26.4 Å². The Morgan fingerprint density at radius 2 is 1.87 bits per heavy atom. The molecule has 1 unspecified atom stereocenters. The van der Waals surface area contributed by atoms with E-state index in [1.54, 1.807) is 26.0 Å². The molecule has 6 nitrogen and oxygen atoms in total. The molecule has 1 fully saturated rings. The quantitative estimate of drug-likeness (QED) is 0.603. The van der Waals surface area contributed by atoms with Crippen LogP contribution in [-0.4, -0.2) is 46.8 Å². The van der Waals surface area contributed by atoms with E-state index in [0.29, 0.717) is 28.7 Å². The molecule has 0 aliphatic heterocycles. The minimum atomic E-state index is -3.36. The summed E-state index contributed by atoms with van der Waals surface area (Å²) in [5.74, 6) is -2.00. The van der Waals surface area contributed by atoms with Gasteiger partial charge in [0.2, 0.25) is 5.95 Å². The lowest BCUT2D eigenvalue weighted by Gasteiger charge is -2.31. The Labute approximate surface area is 179 Å². The van der Waals surface area contributed by atoms with Crippen molar-refractivity contribution in [3.63, 3.8) is 0 Å². The highest BCUT2D eigenvalue weighted by atomic mass is 32.2. The summed E-state index contributed by atoms with van der Waals surface area (Å²) in [6.07, 6.45) is -1.76. The van der Waals surface area contributed by atoms with Crippen molar-refractivity contribution in [2.45, 2.75) is 50.1 Å². The van der Waals surface area contributed by atoms with Gasteiger partial charge in [-0.2, -0.15) is 9.49 Å². The van der Waals surface area contributed by atoms with Crippen LogP contribution < -0.4 is 0 Å². The first-order chi connectivity index (χ1) is 14.5. The summed E-state index contributed by atoms with van der Waals surface area (Å²) in [7, 11) is -2.20. The molecule has 0 bridgehead atoms. The number of rotatable bonds is 8. The van der Waals surface area contributed by atoms with E-state index in [-0.39, 0.29) is 16.7 Å². The summed E-state index contributed by atoms with van der Waals surface area (Å²) < 4.78 is 65.9. The number of nitrogens with zero attached hydrogens (tertiary/aromatic N) is 3. The fourth-order valence-electron chi connectivity index (χ4n) is 3.47. The van der Waals surface area contributed by atoms with Crippen LogP contribution in [0, 0.1) is 5.95 Å². The number of carbonyl (C=O) groups is 1. The van der Waals surface area contributed by atoms with Gasteiger partial charge >= 0.3 is 0 Å². The summed E-state index contributed by atoms with van der Waals surface area (Å²) in [5.41, 5.74) is -0.527. The van der Waals surface area contributed by atoms with E-state index >= 15 is 0 Å². The lowest BCUT2D eigenvalue weighted by Crippen LogP contribution is -2.41. The van der Waals surface area contributed by atoms with Crippen LogP contribution in [0.3, 0.4) is 0 Å². The maximum absolute atomic E-state index is 14.5. The highest BCUT2D eigenvalue weighted by molar-refractivity contribution is 7.91. The highest BCUT2D eigenvalue weighted by Gasteiger charge is 2.41. The number of hydrogen-bond donors (Lipinski definition) is 0. The van der Waals surface area contributed by atoms with Gasteiger partial charge in [0, 0.05) is 13.1 Å². The number of alkyl halides is 2. The zero-order valence-electron chi connectivity index (χ0n) is 17.5. The molecule has 1 atom stereocenters. The molecule has 3 rings (SSSR count). The Morgan fingerprint density at radius 3 is 2.35 bits per heavy atom. The van der Waals surface area contributed by atoms with Crippen LogP contribution in [-0.2, 0) is 16.9 Å². The fourth-order valence-corrected chi connectivity index (χ4v) is 4.35. The summed E-state index contributed by atoms with van der Waals surface area (Å²) in [5, 5.41) is 3.46. The van der Waals surface area contributed by atoms with Gasteiger partial charge in [-0.05, 0) is 43.0 Å².